The molecule has 2 rings (SSSR count). The number of hydrogen-bond acceptors (Lipinski definition) is 3. The van der Waals surface area contributed by atoms with Gasteiger partial charge in [-0.1, -0.05) is 40.9 Å². The maximum atomic E-state index is 9.52. The quantitative estimate of drug-likeness (QED) is 0.413. The van der Waals surface area contributed by atoms with Crippen LogP contribution < -0.4 is 9.47 Å². The van der Waals surface area contributed by atoms with Gasteiger partial charge in [0.05, 0.1) is 34.9 Å². The summed E-state index contributed by atoms with van der Waals surface area (Å²) >= 11 is 18.4. The first-order valence-electron chi connectivity index (χ1n) is 7.66. The van der Waals surface area contributed by atoms with Crippen LogP contribution in [0.2, 0.25) is 15.1 Å². The average molecular weight is 397 g/mol. The van der Waals surface area contributed by atoms with Crippen LogP contribution >= 0.6 is 34.8 Å². The maximum absolute atomic E-state index is 9.52. The SMILES string of the molecule is CCOc1cc(/C=C(\C#N)c2ccc(Cl)cc2Cl)cc(Cl)c1OCC. The van der Waals surface area contributed by atoms with Crippen molar-refractivity contribution in [2.24, 2.45) is 0 Å². The molecule has 3 nitrogen and oxygen atoms in total. The van der Waals surface area contributed by atoms with Gasteiger partial charge in [0.15, 0.2) is 11.5 Å². The molecule has 0 unspecified atom stereocenters. The Morgan fingerprint density at radius 1 is 1.04 bits per heavy atom. The van der Waals surface area contributed by atoms with E-state index in [9.17, 15) is 5.26 Å². The van der Waals surface area contributed by atoms with Gasteiger partial charge in [-0.3, -0.25) is 0 Å². The molecule has 0 saturated heterocycles. The second kappa shape index (κ2) is 9.01. The van der Waals surface area contributed by atoms with Crippen LogP contribution in [0.5, 0.6) is 11.5 Å². The van der Waals surface area contributed by atoms with Crippen molar-refractivity contribution in [2.45, 2.75) is 13.8 Å². The van der Waals surface area contributed by atoms with Crippen molar-refractivity contribution < 1.29 is 9.47 Å². The summed E-state index contributed by atoms with van der Waals surface area (Å²) in [5, 5.41) is 10.8. The Morgan fingerprint density at radius 2 is 1.76 bits per heavy atom. The largest absolute Gasteiger partial charge is 0.490 e. The van der Waals surface area contributed by atoms with E-state index in [0.29, 0.717) is 56.5 Å². The van der Waals surface area contributed by atoms with E-state index in [1.807, 2.05) is 13.8 Å². The molecular formula is C19H16Cl3NO2. The number of nitrogens with zero attached hydrogens (tertiary/aromatic N) is 1. The zero-order valence-corrected chi connectivity index (χ0v) is 16.0. The zero-order valence-electron chi connectivity index (χ0n) is 13.8. The highest BCUT2D eigenvalue weighted by atomic mass is 35.5. The highest BCUT2D eigenvalue weighted by Gasteiger charge is 2.13. The molecule has 0 heterocycles. The second-order valence-corrected chi connectivity index (χ2v) is 6.24. The van der Waals surface area contributed by atoms with E-state index in [-0.39, 0.29) is 0 Å². The van der Waals surface area contributed by atoms with Crippen molar-refractivity contribution >= 4 is 46.5 Å². The zero-order chi connectivity index (χ0) is 18.4. The van der Waals surface area contributed by atoms with Crippen molar-refractivity contribution in [3.63, 3.8) is 0 Å². The Labute approximate surface area is 162 Å². The molecule has 0 radical (unpaired) electrons. The van der Waals surface area contributed by atoms with Gasteiger partial charge in [-0.05, 0) is 49.8 Å². The Balaban J connectivity index is 2.52. The molecule has 0 saturated carbocycles. The lowest BCUT2D eigenvalue weighted by Crippen LogP contribution is -1.99. The summed E-state index contributed by atoms with van der Waals surface area (Å²) in [5.74, 6) is 1.02. The van der Waals surface area contributed by atoms with E-state index in [1.165, 1.54) is 0 Å². The minimum absolute atomic E-state index is 0.393. The fourth-order valence-electron chi connectivity index (χ4n) is 2.26. The topological polar surface area (TPSA) is 42.2 Å². The predicted molar refractivity (Wildman–Crippen MR) is 104 cm³/mol. The van der Waals surface area contributed by atoms with Gasteiger partial charge in [0, 0.05) is 10.6 Å². The van der Waals surface area contributed by atoms with Crippen molar-refractivity contribution in [3.05, 3.63) is 56.5 Å². The first kappa shape index (κ1) is 19.5. The molecule has 2 aromatic carbocycles. The summed E-state index contributed by atoms with van der Waals surface area (Å²) < 4.78 is 11.2. The third kappa shape index (κ3) is 4.83. The van der Waals surface area contributed by atoms with Gasteiger partial charge >= 0.3 is 0 Å². The minimum Gasteiger partial charge on any atom is -0.490 e. The van der Waals surface area contributed by atoms with Gasteiger partial charge in [-0.15, -0.1) is 0 Å². The van der Waals surface area contributed by atoms with Crippen LogP contribution in [-0.4, -0.2) is 13.2 Å². The molecule has 25 heavy (non-hydrogen) atoms. The van der Waals surface area contributed by atoms with Crippen LogP contribution in [0, 0.1) is 11.3 Å². The smallest absolute Gasteiger partial charge is 0.179 e. The first-order valence-corrected chi connectivity index (χ1v) is 8.79. The second-order valence-electron chi connectivity index (χ2n) is 4.99. The summed E-state index contributed by atoms with van der Waals surface area (Å²) in [7, 11) is 0. The Kier molecular flexibility index (Phi) is 7.01. The van der Waals surface area contributed by atoms with Gasteiger partial charge < -0.3 is 9.47 Å². The molecule has 0 atom stereocenters. The molecule has 0 aliphatic carbocycles. The molecule has 0 aliphatic rings. The fourth-order valence-corrected chi connectivity index (χ4v) is 3.05. The Morgan fingerprint density at radius 3 is 2.36 bits per heavy atom. The molecule has 0 bridgehead atoms. The number of ether oxygens (including phenoxy) is 2. The normalized spacial score (nSPS) is 11.1. The standard InChI is InChI=1S/C19H16Cl3NO2/c1-3-24-18-9-12(8-17(22)19(18)25-4-2)7-13(11-23)15-6-5-14(20)10-16(15)21/h5-10H,3-4H2,1-2H3/b13-7+. The van der Waals surface area contributed by atoms with E-state index in [2.05, 4.69) is 6.07 Å². The molecule has 130 valence electrons. The van der Waals surface area contributed by atoms with E-state index < -0.39 is 0 Å². The number of allylic oxidation sites excluding steroid dienone is 1. The van der Waals surface area contributed by atoms with Gasteiger partial charge in [0.2, 0.25) is 0 Å². The highest BCUT2D eigenvalue weighted by molar-refractivity contribution is 6.36. The van der Waals surface area contributed by atoms with Gasteiger partial charge in [0.1, 0.15) is 0 Å². The Bertz CT molecular complexity index is 841. The van der Waals surface area contributed by atoms with Crippen molar-refractivity contribution in [1.82, 2.24) is 0 Å². The Hall–Kier alpha value is -1.86. The lowest BCUT2D eigenvalue weighted by atomic mass is 10.0. The summed E-state index contributed by atoms with van der Waals surface area (Å²) in [6, 6.07) is 10.6. The lowest BCUT2D eigenvalue weighted by Gasteiger charge is -2.13. The van der Waals surface area contributed by atoms with Crippen LogP contribution in [-0.2, 0) is 0 Å². The molecule has 0 aliphatic heterocycles. The fraction of sp³-hybridized carbons (Fsp3) is 0.211. The average Bonchev–Trinajstić information content (AvgIpc) is 2.56. The van der Waals surface area contributed by atoms with Crippen molar-refractivity contribution in [2.75, 3.05) is 13.2 Å². The van der Waals surface area contributed by atoms with Crippen molar-refractivity contribution in [1.29, 1.82) is 5.26 Å². The molecular weight excluding hydrogens is 381 g/mol. The number of benzene rings is 2. The lowest BCUT2D eigenvalue weighted by molar-refractivity contribution is 0.288. The predicted octanol–water partition coefficient (Wildman–Crippen LogP) is 6.51. The van der Waals surface area contributed by atoms with Crippen LogP contribution in [0.15, 0.2) is 30.3 Å². The number of nitriles is 1. The summed E-state index contributed by atoms with van der Waals surface area (Å²) in [5.41, 5.74) is 1.69. The van der Waals surface area contributed by atoms with Gasteiger partial charge in [-0.2, -0.15) is 5.26 Å². The van der Waals surface area contributed by atoms with E-state index in [4.69, 9.17) is 44.3 Å². The molecule has 0 spiro atoms. The number of hydrogen-bond donors (Lipinski definition) is 0. The van der Waals surface area contributed by atoms with E-state index in [0.717, 1.165) is 0 Å². The molecule has 0 N–H and O–H groups in total. The van der Waals surface area contributed by atoms with Crippen LogP contribution in [0.1, 0.15) is 25.0 Å². The van der Waals surface area contributed by atoms with E-state index in [1.54, 1.807) is 36.4 Å². The molecule has 0 fully saturated rings. The minimum atomic E-state index is 0.393. The van der Waals surface area contributed by atoms with Crippen LogP contribution in [0.3, 0.4) is 0 Å². The van der Waals surface area contributed by atoms with Gasteiger partial charge in [0.25, 0.3) is 0 Å². The third-order valence-electron chi connectivity index (χ3n) is 3.27. The molecule has 0 aromatic heterocycles. The monoisotopic (exact) mass is 395 g/mol. The highest BCUT2D eigenvalue weighted by Crippen LogP contribution is 2.38. The number of rotatable bonds is 6. The first-order chi connectivity index (χ1) is 12.0. The molecule has 6 heteroatoms. The summed E-state index contributed by atoms with van der Waals surface area (Å²) in [4.78, 5) is 0. The maximum Gasteiger partial charge on any atom is 0.179 e. The van der Waals surface area contributed by atoms with E-state index >= 15 is 0 Å². The number of halogens is 3. The van der Waals surface area contributed by atoms with Gasteiger partial charge in [-0.25, -0.2) is 0 Å². The molecule has 0 amide bonds. The van der Waals surface area contributed by atoms with Crippen molar-refractivity contribution in [3.8, 4) is 17.6 Å². The van der Waals surface area contributed by atoms with Crippen LogP contribution in [0.25, 0.3) is 11.6 Å². The molecule has 2 aromatic rings. The summed E-state index contributed by atoms with van der Waals surface area (Å²) in [6.07, 6.45) is 1.69. The summed E-state index contributed by atoms with van der Waals surface area (Å²) in [6.45, 7) is 4.69. The third-order valence-corrected chi connectivity index (χ3v) is 4.10. The van der Waals surface area contributed by atoms with Crippen LogP contribution in [0.4, 0.5) is 0 Å².